The fourth-order valence-corrected chi connectivity index (χ4v) is 4.55. The van der Waals surface area contributed by atoms with Crippen molar-refractivity contribution in [2.45, 2.75) is 37.8 Å². The minimum Gasteiger partial charge on any atom is -0.337 e. The lowest BCUT2D eigenvalue weighted by molar-refractivity contribution is -0.116. The second kappa shape index (κ2) is 9.75. The average molecular weight is 489 g/mol. The van der Waals surface area contributed by atoms with E-state index in [1.54, 1.807) is 16.3 Å². The number of nitrogens with one attached hydrogen (secondary N) is 1. The highest BCUT2D eigenvalue weighted by atomic mass is 32.2. The van der Waals surface area contributed by atoms with Gasteiger partial charge in [-0.3, -0.25) is 14.2 Å². The fourth-order valence-electron chi connectivity index (χ4n) is 4.10. The van der Waals surface area contributed by atoms with Crippen LogP contribution in [0.4, 0.5) is 5.69 Å². The first-order valence-corrected chi connectivity index (χ1v) is 12.5. The summed E-state index contributed by atoms with van der Waals surface area (Å²) in [6.07, 6.45) is 5.07. The Bertz CT molecular complexity index is 1590. The van der Waals surface area contributed by atoms with E-state index >= 15 is 0 Å². The molecule has 5 aromatic rings. The van der Waals surface area contributed by atoms with E-state index in [1.807, 2.05) is 61.7 Å². The molecule has 3 heterocycles. The van der Waals surface area contributed by atoms with E-state index in [-0.39, 0.29) is 24.6 Å². The molecule has 0 radical (unpaired) electrons. The van der Waals surface area contributed by atoms with Gasteiger partial charge in [-0.05, 0) is 36.9 Å². The van der Waals surface area contributed by atoms with Crippen molar-refractivity contribution in [3.8, 4) is 0 Å². The number of amides is 1. The van der Waals surface area contributed by atoms with Gasteiger partial charge in [0.15, 0.2) is 5.82 Å². The van der Waals surface area contributed by atoms with Crippen LogP contribution in [-0.2, 0) is 24.3 Å². The quantitative estimate of drug-likeness (QED) is 0.328. The Labute approximate surface area is 205 Å². The normalized spacial score (nSPS) is 11.4. The van der Waals surface area contributed by atoms with Crippen molar-refractivity contribution in [2.75, 3.05) is 11.6 Å². The first kappa shape index (κ1) is 22.9. The van der Waals surface area contributed by atoms with Gasteiger partial charge in [-0.1, -0.05) is 36.3 Å². The molecule has 0 aliphatic carbocycles. The van der Waals surface area contributed by atoms with Gasteiger partial charge in [-0.2, -0.15) is 4.98 Å². The third kappa shape index (κ3) is 4.57. The summed E-state index contributed by atoms with van der Waals surface area (Å²) in [6, 6.07) is 15.2. The summed E-state index contributed by atoms with van der Waals surface area (Å²) in [5, 5.41) is 7.71. The second-order valence-electron chi connectivity index (χ2n) is 8.11. The van der Waals surface area contributed by atoms with Gasteiger partial charge in [0.2, 0.25) is 11.8 Å². The Balaban J connectivity index is 1.52. The Morgan fingerprint density at radius 3 is 2.86 bits per heavy atom. The van der Waals surface area contributed by atoms with Gasteiger partial charge >= 0.3 is 0 Å². The maximum atomic E-state index is 13.6. The van der Waals surface area contributed by atoms with Crippen LogP contribution in [0.5, 0.6) is 0 Å². The molecule has 0 atom stereocenters. The molecule has 0 spiro atoms. The molecule has 35 heavy (non-hydrogen) atoms. The molecule has 0 bridgehead atoms. The highest BCUT2D eigenvalue weighted by Crippen LogP contribution is 2.25. The summed E-state index contributed by atoms with van der Waals surface area (Å²) in [6.45, 7) is 2.11. The molecule has 0 saturated carbocycles. The van der Waals surface area contributed by atoms with Crippen LogP contribution in [0.15, 0.2) is 69.1 Å². The van der Waals surface area contributed by atoms with Gasteiger partial charge in [0.05, 0.1) is 11.8 Å². The topological polar surface area (TPSA) is 108 Å². The van der Waals surface area contributed by atoms with Crippen LogP contribution in [0.2, 0.25) is 0 Å². The number of fused-ring (bicyclic) bond motifs is 3. The number of thioether (sulfide) groups is 1. The van der Waals surface area contributed by atoms with Crippen molar-refractivity contribution < 1.29 is 9.32 Å². The van der Waals surface area contributed by atoms with Crippen LogP contribution in [0.25, 0.3) is 21.9 Å². The first-order valence-electron chi connectivity index (χ1n) is 11.3. The highest BCUT2D eigenvalue weighted by Gasteiger charge is 2.19. The number of carbonyl (C=O) groups excluding carboxylic acids is 1. The zero-order chi connectivity index (χ0) is 24.4. The number of rotatable bonds is 8. The predicted molar refractivity (Wildman–Crippen MR) is 136 cm³/mol. The Morgan fingerprint density at radius 2 is 2.03 bits per heavy atom. The Kier molecular flexibility index (Phi) is 6.37. The van der Waals surface area contributed by atoms with Crippen molar-refractivity contribution in [3.63, 3.8) is 0 Å². The van der Waals surface area contributed by atoms with Crippen LogP contribution >= 0.6 is 11.8 Å². The van der Waals surface area contributed by atoms with E-state index in [2.05, 4.69) is 20.4 Å². The number of anilines is 1. The van der Waals surface area contributed by atoms with Crippen LogP contribution < -0.4 is 10.9 Å². The van der Waals surface area contributed by atoms with Crippen LogP contribution in [0.1, 0.15) is 25.1 Å². The molecule has 0 saturated heterocycles. The molecule has 0 aliphatic heterocycles. The Morgan fingerprint density at radius 1 is 1.17 bits per heavy atom. The maximum absolute atomic E-state index is 13.6. The highest BCUT2D eigenvalue weighted by molar-refractivity contribution is 7.98. The van der Waals surface area contributed by atoms with Gasteiger partial charge in [0, 0.05) is 22.4 Å². The number of para-hydroxylation sites is 1. The summed E-state index contributed by atoms with van der Waals surface area (Å²) < 4.78 is 8.46. The van der Waals surface area contributed by atoms with E-state index in [4.69, 9.17) is 4.52 Å². The minimum absolute atomic E-state index is 0.0321. The molecule has 5 rings (SSSR count). The lowest BCUT2D eigenvalue weighted by Gasteiger charge is -2.10. The lowest BCUT2D eigenvalue weighted by atomic mass is 10.2. The summed E-state index contributed by atoms with van der Waals surface area (Å²) in [4.78, 5) is 36.5. The van der Waals surface area contributed by atoms with Gasteiger partial charge in [0.25, 0.3) is 5.56 Å². The molecular weight excluding hydrogens is 464 g/mol. The van der Waals surface area contributed by atoms with Crippen molar-refractivity contribution in [1.29, 1.82) is 0 Å². The van der Waals surface area contributed by atoms with Crippen molar-refractivity contribution >= 4 is 45.3 Å². The molecule has 3 aromatic heterocycles. The van der Waals surface area contributed by atoms with Gasteiger partial charge in [0.1, 0.15) is 24.1 Å². The Hall–Kier alpha value is -3.92. The van der Waals surface area contributed by atoms with E-state index in [9.17, 15) is 9.59 Å². The molecule has 0 unspecified atom stereocenters. The lowest BCUT2D eigenvalue weighted by Crippen LogP contribution is -2.25. The minimum atomic E-state index is -0.279. The van der Waals surface area contributed by atoms with Crippen molar-refractivity contribution in [3.05, 3.63) is 76.9 Å². The molecule has 1 amide bonds. The average Bonchev–Trinajstić information content (AvgIpc) is 3.44. The monoisotopic (exact) mass is 488 g/mol. The first-order chi connectivity index (χ1) is 17.1. The standard InChI is InChI=1S/C25H24N6O3S/c1-3-7-20-28-22(34-29-20)14-30-15-26-23-18-10-4-5-11-19(18)31(24(23)25(30)33)13-21(32)27-16-8-6-9-17(12-16)35-2/h4-6,8-12,15H,3,7,13-14H2,1-2H3,(H,27,32). The largest absolute Gasteiger partial charge is 0.337 e. The number of nitrogens with zero attached hydrogens (tertiary/aromatic N) is 5. The molecule has 1 N–H and O–H groups in total. The predicted octanol–water partition coefficient (Wildman–Crippen LogP) is 4.10. The smallest absolute Gasteiger partial charge is 0.278 e. The van der Waals surface area contributed by atoms with E-state index in [0.29, 0.717) is 34.9 Å². The second-order valence-corrected chi connectivity index (χ2v) is 8.99. The molecule has 0 aliphatic rings. The number of aromatic nitrogens is 5. The third-order valence-corrected chi connectivity index (χ3v) is 6.40. The fraction of sp³-hybridized carbons (Fsp3) is 0.240. The number of hydrogen-bond acceptors (Lipinski definition) is 7. The molecule has 10 heteroatoms. The molecule has 178 valence electrons. The van der Waals surface area contributed by atoms with E-state index in [1.165, 1.54) is 10.9 Å². The van der Waals surface area contributed by atoms with Crippen molar-refractivity contribution in [1.82, 2.24) is 24.3 Å². The van der Waals surface area contributed by atoms with Crippen LogP contribution in [-0.4, -0.2) is 36.4 Å². The van der Waals surface area contributed by atoms with Crippen LogP contribution in [0, 0.1) is 0 Å². The van der Waals surface area contributed by atoms with E-state index < -0.39 is 0 Å². The molecule has 9 nitrogen and oxygen atoms in total. The van der Waals surface area contributed by atoms with Crippen molar-refractivity contribution in [2.24, 2.45) is 0 Å². The maximum Gasteiger partial charge on any atom is 0.278 e. The zero-order valence-electron chi connectivity index (χ0n) is 19.4. The SMILES string of the molecule is CCCc1noc(Cn2cnc3c4ccccc4n(CC(=O)Nc4cccc(SC)c4)c3c2=O)n1. The zero-order valence-corrected chi connectivity index (χ0v) is 20.2. The van der Waals surface area contributed by atoms with Gasteiger partial charge < -0.3 is 14.4 Å². The molecule has 0 fully saturated rings. The summed E-state index contributed by atoms with van der Waals surface area (Å²) in [5.74, 6) is 0.716. The number of aryl methyl sites for hydroxylation is 1. The molecular formula is C25H24N6O3S. The number of carbonyl (C=O) groups is 1. The molecule has 2 aromatic carbocycles. The van der Waals surface area contributed by atoms with Gasteiger partial charge in [-0.15, -0.1) is 11.8 Å². The number of benzene rings is 2. The summed E-state index contributed by atoms with van der Waals surface area (Å²) >= 11 is 1.60. The third-order valence-electron chi connectivity index (χ3n) is 5.68. The van der Waals surface area contributed by atoms with E-state index in [0.717, 1.165) is 22.2 Å². The summed E-state index contributed by atoms with van der Waals surface area (Å²) in [7, 11) is 0. The summed E-state index contributed by atoms with van der Waals surface area (Å²) in [5.41, 5.74) is 2.10. The van der Waals surface area contributed by atoms with Crippen LogP contribution in [0.3, 0.4) is 0 Å². The number of hydrogen-bond donors (Lipinski definition) is 1. The van der Waals surface area contributed by atoms with Gasteiger partial charge in [-0.25, -0.2) is 4.98 Å².